The minimum Gasteiger partial charge on any atom is -0.401 e. The van der Waals surface area contributed by atoms with Crippen molar-refractivity contribution in [3.63, 3.8) is 0 Å². The van der Waals surface area contributed by atoms with Crippen LogP contribution in [0.4, 0.5) is 0 Å². The van der Waals surface area contributed by atoms with Gasteiger partial charge in [0.2, 0.25) is 0 Å². The van der Waals surface area contributed by atoms with Crippen molar-refractivity contribution in [2.45, 2.75) is 11.9 Å². The smallest absolute Gasteiger partial charge is 0.185 e. The molecule has 0 aliphatic carbocycles. The Balaban J connectivity index is 2.21. The van der Waals surface area contributed by atoms with E-state index in [4.69, 9.17) is 11.0 Å². The summed E-state index contributed by atoms with van der Waals surface area (Å²) in [6, 6.07) is 9.40. The number of nitrogens with zero attached hydrogens (tertiary/aromatic N) is 3. The first-order valence-electron chi connectivity index (χ1n) is 5.85. The van der Waals surface area contributed by atoms with Crippen LogP contribution in [0.1, 0.15) is 6.92 Å². The van der Waals surface area contributed by atoms with Crippen LogP contribution in [0.15, 0.2) is 46.9 Å². The summed E-state index contributed by atoms with van der Waals surface area (Å²) in [6.45, 7) is 1.54. The van der Waals surface area contributed by atoms with Gasteiger partial charge in [0.25, 0.3) is 0 Å². The van der Waals surface area contributed by atoms with Crippen molar-refractivity contribution in [3.05, 3.63) is 41.9 Å². The average molecular weight is 284 g/mol. The monoisotopic (exact) mass is 284 g/mol. The van der Waals surface area contributed by atoms with Crippen molar-refractivity contribution in [1.82, 2.24) is 9.97 Å². The van der Waals surface area contributed by atoms with Crippen molar-refractivity contribution < 1.29 is 4.79 Å². The lowest BCUT2D eigenvalue weighted by Gasteiger charge is -2.04. The molecule has 1 aromatic carbocycles. The third-order valence-corrected chi connectivity index (χ3v) is 3.64. The number of carbonyl (C=O) groups excluding carboxylic acids is 1. The van der Waals surface area contributed by atoms with E-state index in [9.17, 15) is 4.79 Å². The summed E-state index contributed by atoms with van der Waals surface area (Å²) >= 11 is 1.28. The maximum Gasteiger partial charge on any atom is 0.185 e. The molecule has 20 heavy (non-hydrogen) atoms. The van der Waals surface area contributed by atoms with Crippen molar-refractivity contribution in [3.8, 4) is 6.07 Å². The van der Waals surface area contributed by atoms with Gasteiger partial charge in [0, 0.05) is 11.1 Å². The molecule has 0 bridgehead atoms. The second-order valence-corrected chi connectivity index (χ2v) is 5.04. The van der Waals surface area contributed by atoms with E-state index in [-0.39, 0.29) is 22.8 Å². The van der Waals surface area contributed by atoms with Crippen LogP contribution in [0.3, 0.4) is 0 Å². The summed E-state index contributed by atoms with van der Waals surface area (Å²) in [6.07, 6.45) is 1.46. The number of para-hydroxylation sites is 1. The third kappa shape index (κ3) is 2.95. The standard InChI is InChI=1S/C14H12N4OS/c1-9(16)11(6-15)13(19)7-20-14-10-4-2-3-5-12(10)17-8-18-14/h2-5,8H,7,16H2,1H3/b11-9+. The molecule has 2 N–H and O–H groups in total. The van der Waals surface area contributed by atoms with E-state index in [0.717, 1.165) is 15.9 Å². The number of thioether (sulfide) groups is 1. The first-order chi connectivity index (χ1) is 9.63. The molecule has 2 rings (SSSR count). The molecule has 1 aromatic heterocycles. The maximum atomic E-state index is 11.9. The topological polar surface area (TPSA) is 92.7 Å². The van der Waals surface area contributed by atoms with E-state index in [1.54, 1.807) is 6.92 Å². The number of allylic oxidation sites excluding steroid dienone is 2. The molecule has 0 unspecified atom stereocenters. The van der Waals surface area contributed by atoms with Crippen LogP contribution < -0.4 is 5.73 Å². The number of Topliss-reactive ketones (excluding diaryl/α,β-unsaturated/α-hetero) is 1. The van der Waals surface area contributed by atoms with E-state index >= 15 is 0 Å². The molecule has 100 valence electrons. The van der Waals surface area contributed by atoms with Crippen LogP contribution in [-0.4, -0.2) is 21.5 Å². The highest BCUT2D eigenvalue weighted by atomic mass is 32.2. The molecule has 0 atom stereocenters. The number of fused-ring (bicyclic) bond motifs is 1. The first-order valence-corrected chi connectivity index (χ1v) is 6.84. The number of ketones is 1. The Hall–Kier alpha value is -2.39. The number of aromatic nitrogens is 2. The van der Waals surface area contributed by atoms with Crippen molar-refractivity contribution >= 4 is 28.4 Å². The molecule has 1 heterocycles. The molecule has 0 aliphatic rings. The van der Waals surface area contributed by atoms with Gasteiger partial charge in [-0.05, 0) is 13.0 Å². The number of benzene rings is 1. The van der Waals surface area contributed by atoms with Crippen LogP contribution in [0.2, 0.25) is 0 Å². The van der Waals surface area contributed by atoms with Gasteiger partial charge >= 0.3 is 0 Å². The number of nitriles is 1. The van der Waals surface area contributed by atoms with Gasteiger partial charge in [0.05, 0.1) is 11.3 Å². The van der Waals surface area contributed by atoms with Crippen molar-refractivity contribution in [1.29, 1.82) is 5.26 Å². The fourth-order valence-electron chi connectivity index (χ4n) is 1.67. The summed E-state index contributed by atoms with van der Waals surface area (Å²) in [7, 11) is 0. The molecular formula is C14H12N4OS. The summed E-state index contributed by atoms with van der Waals surface area (Å²) in [5.41, 5.74) is 6.58. The minimum atomic E-state index is -0.291. The molecular weight excluding hydrogens is 272 g/mol. The van der Waals surface area contributed by atoms with Crippen LogP contribution in [0.25, 0.3) is 10.9 Å². The van der Waals surface area contributed by atoms with E-state index < -0.39 is 0 Å². The zero-order valence-electron chi connectivity index (χ0n) is 10.8. The largest absolute Gasteiger partial charge is 0.401 e. The van der Waals surface area contributed by atoms with E-state index in [1.165, 1.54) is 18.1 Å². The Morgan fingerprint density at radius 3 is 2.85 bits per heavy atom. The normalized spacial score (nSPS) is 11.8. The van der Waals surface area contributed by atoms with Gasteiger partial charge in [0.1, 0.15) is 23.0 Å². The van der Waals surface area contributed by atoms with Gasteiger partial charge in [-0.3, -0.25) is 4.79 Å². The number of carbonyl (C=O) groups is 1. The summed E-state index contributed by atoms with van der Waals surface area (Å²) in [5.74, 6) is -0.168. The quantitative estimate of drug-likeness (QED) is 0.400. The second kappa shape index (κ2) is 6.17. The second-order valence-electron chi connectivity index (χ2n) is 4.08. The molecule has 6 heteroatoms. The highest BCUT2D eigenvalue weighted by Crippen LogP contribution is 2.24. The Morgan fingerprint density at radius 1 is 1.40 bits per heavy atom. The number of nitrogens with two attached hydrogens (primary N) is 1. The van der Waals surface area contributed by atoms with Gasteiger partial charge in [0.15, 0.2) is 5.78 Å². The SMILES string of the molecule is C/C(N)=C(/C#N)C(=O)CSc1ncnc2ccccc12. The molecule has 0 aliphatic heterocycles. The van der Waals surface area contributed by atoms with Gasteiger partial charge < -0.3 is 5.73 Å². The van der Waals surface area contributed by atoms with Crippen LogP contribution in [-0.2, 0) is 4.79 Å². The lowest BCUT2D eigenvalue weighted by molar-refractivity contribution is -0.112. The fourth-order valence-corrected chi connectivity index (χ4v) is 2.53. The van der Waals surface area contributed by atoms with E-state index in [0.29, 0.717) is 0 Å². The van der Waals surface area contributed by atoms with Crippen LogP contribution >= 0.6 is 11.8 Å². The van der Waals surface area contributed by atoms with Gasteiger partial charge in [-0.1, -0.05) is 30.0 Å². The van der Waals surface area contributed by atoms with Crippen molar-refractivity contribution in [2.24, 2.45) is 5.73 Å². The molecule has 2 aromatic rings. The highest BCUT2D eigenvalue weighted by molar-refractivity contribution is 8.00. The summed E-state index contributed by atoms with van der Waals surface area (Å²) < 4.78 is 0. The molecule has 0 amide bonds. The maximum absolute atomic E-state index is 11.9. The van der Waals surface area contributed by atoms with Crippen LogP contribution in [0.5, 0.6) is 0 Å². The molecule has 0 spiro atoms. The molecule has 5 nitrogen and oxygen atoms in total. The molecule has 0 fully saturated rings. The lowest BCUT2D eigenvalue weighted by atomic mass is 10.2. The average Bonchev–Trinajstić information content (AvgIpc) is 2.45. The fraction of sp³-hybridized carbons (Fsp3) is 0.143. The lowest BCUT2D eigenvalue weighted by Crippen LogP contribution is -2.10. The zero-order valence-corrected chi connectivity index (χ0v) is 11.6. The Kier molecular flexibility index (Phi) is 4.33. The Morgan fingerprint density at radius 2 is 2.15 bits per heavy atom. The highest BCUT2D eigenvalue weighted by Gasteiger charge is 2.13. The van der Waals surface area contributed by atoms with Gasteiger partial charge in [-0.15, -0.1) is 0 Å². The van der Waals surface area contributed by atoms with E-state index in [1.807, 2.05) is 30.3 Å². The third-order valence-electron chi connectivity index (χ3n) is 2.63. The summed E-state index contributed by atoms with van der Waals surface area (Å²) in [4.78, 5) is 20.2. The number of rotatable bonds is 4. The molecule has 0 saturated heterocycles. The predicted octanol–water partition coefficient (Wildman–Crippen LogP) is 2.05. The molecule has 0 radical (unpaired) electrons. The Bertz CT molecular complexity index is 724. The van der Waals surface area contributed by atoms with Crippen molar-refractivity contribution in [2.75, 3.05) is 5.75 Å². The predicted molar refractivity (Wildman–Crippen MR) is 77.8 cm³/mol. The number of hydrogen-bond acceptors (Lipinski definition) is 6. The zero-order chi connectivity index (χ0) is 14.5. The Labute approximate surface area is 120 Å². The van der Waals surface area contributed by atoms with Gasteiger partial charge in [-0.2, -0.15) is 5.26 Å². The first kappa shape index (κ1) is 14.0. The van der Waals surface area contributed by atoms with Crippen LogP contribution in [0, 0.1) is 11.3 Å². The minimum absolute atomic E-state index is 0.0101. The van der Waals surface area contributed by atoms with E-state index in [2.05, 4.69) is 9.97 Å². The van der Waals surface area contributed by atoms with Gasteiger partial charge in [-0.25, -0.2) is 9.97 Å². The number of hydrogen-bond donors (Lipinski definition) is 1. The summed E-state index contributed by atoms with van der Waals surface area (Å²) in [5, 5.41) is 10.5. The molecule has 0 saturated carbocycles.